The molecule has 0 radical (unpaired) electrons. The second kappa shape index (κ2) is 6.77. The molecule has 2 aliphatic rings. The first-order chi connectivity index (χ1) is 10.6. The third kappa shape index (κ3) is 3.66. The van der Waals surface area contributed by atoms with Crippen molar-refractivity contribution in [3.8, 4) is 0 Å². The van der Waals surface area contributed by atoms with Gasteiger partial charge in [-0.25, -0.2) is 4.98 Å². The van der Waals surface area contributed by atoms with Crippen LogP contribution in [-0.4, -0.2) is 28.5 Å². The lowest BCUT2D eigenvalue weighted by Gasteiger charge is -2.19. The molecule has 5 nitrogen and oxygen atoms in total. The third-order valence-corrected chi connectivity index (χ3v) is 5.60. The largest absolute Gasteiger partial charge is 0.481 e. The highest BCUT2D eigenvalue weighted by molar-refractivity contribution is 7.09. The lowest BCUT2D eigenvalue weighted by Crippen LogP contribution is -2.28. The summed E-state index contributed by atoms with van der Waals surface area (Å²) >= 11 is 1.67. The zero-order valence-corrected chi connectivity index (χ0v) is 13.4. The fraction of sp³-hybridized carbons (Fsp3) is 0.688. The van der Waals surface area contributed by atoms with Crippen LogP contribution in [0.2, 0.25) is 0 Å². The van der Waals surface area contributed by atoms with E-state index >= 15 is 0 Å². The average molecular weight is 322 g/mol. The zero-order valence-electron chi connectivity index (χ0n) is 12.6. The predicted octanol–water partition coefficient (Wildman–Crippen LogP) is 2.57. The Morgan fingerprint density at radius 1 is 1.27 bits per heavy atom. The standard InChI is InChI=1S/C16H22N2O3S/c19-15(11-8-12(11)16(20)21)17-7-6-14-18-13(9-22-14)10-4-2-1-3-5-10/h9-12H,1-8H2,(H,17,19)(H,20,21). The van der Waals surface area contributed by atoms with Crippen LogP contribution in [0.4, 0.5) is 0 Å². The number of rotatable bonds is 6. The second-order valence-electron chi connectivity index (χ2n) is 6.33. The normalized spacial score (nSPS) is 24.9. The van der Waals surface area contributed by atoms with E-state index in [0.29, 0.717) is 18.9 Å². The minimum absolute atomic E-state index is 0.128. The molecule has 1 aromatic heterocycles. The quantitative estimate of drug-likeness (QED) is 0.843. The Bertz CT molecular complexity index is 551. The van der Waals surface area contributed by atoms with Crippen molar-refractivity contribution in [3.05, 3.63) is 16.1 Å². The van der Waals surface area contributed by atoms with Crippen molar-refractivity contribution in [1.82, 2.24) is 10.3 Å². The van der Waals surface area contributed by atoms with Gasteiger partial charge in [0.05, 0.1) is 22.5 Å². The summed E-state index contributed by atoms with van der Waals surface area (Å²) in [5, 5.41) is 14.9. The van der Waals surface area contributed by atoms with Crippen LogP contribution >= 0.6 is 11.3 Å². The molecule has 1 aromatic rings. The Labute approximate surface area is 134 Å². The van der Waals surface area contributed by atoms with E-state index in [1.165, 1.54) is 37.8 Å². The number of nitrogens with zero attached hydrogens (tertiary/aromatic N) is 1. The van der Waals surface area contributed by atoms with Crippen LogP contribution in [0.15, 0.2) is 5.38 Å². The molecule has 2 saturated carbocycles. The number of aliphatic carboxylic acids is 1. The number of carbonyl (C=O) groups excluding carboxylic acids is 1. The molecule has 1 amide bonds. The molecule has 22 heavy (non-hydrogen) atoms. The molecule has 0 spiro atoms. The van der Waals surface area contributed by atoms with Crippen molar-refractivity contribution in [1.29, 1.82) is 0 Å². The van der Waals surface area contributed by atoms with Gasteiger partial charge in [-0.3, -0.25) is 9.59 Å². The number of carboxylic acid groups (broad SMARTS) is 1. The van der Waals surface area contributed by atoms with Crippen LogP contribution < -0.4 is 5.32 Å². The van der Waals surface area contributed by atoms with E-state index in [1.807, 2.05) is 0 Å². The molecule has 2 aliphatic carbocycles. The van der Waals surface area contributed by atoms with E-state index in [2.05, 4.69) is 10.7 Å². The summed E-state index contributed by atoms with van der Waals surface area (Å²) in [6, 6.07) is 0. The summed E-state index contributed by atoms with van der Waals surface area (Å²) in [6.07, 6.45) is 7.66. The molecular weight excluding hydrogens is 300 g/mol. The summed E-state index contributed by atoms with van der Waals surface area (Å²) < 4.78 is 0. The number of amides is 1. The van der Waals surface area contributed by atoms with Gasteiger partial charge in [0.1, 0.15) is 0 Å². The van der Waals surface area contributed by atoms with Crippen LogP contribution in [0.5, 0.6) is 0 Å². The lowest BCUT2D eigenvalue weighted by molar-refractivity contribution is -0.140. The van der Waals surface area contributed by atoms with Crippen LogP contribution in [0, 0.1) is 11.8 Å². The molecular formula is C16H22N2O3S. The Hall–Kier alpha value is -1.43. The summed E-state index contributed by atoms with van der Waals surface area (Å²) in [7, 11) is 0. The van der Waals surface area contributed by atoms with Gasteiger partial charge in [0.25, 0.3) is 0 Å². The van der Waals surface area contributed by atoms with Gasteiger partial charge in [0.15, 0.2) is 0 Å². The molecule has 0 bridgehead atoms. The van der Waals surface area contributed by atoms with Crippen molar-refractivity contribution in [3.63, 3.8) is 0 Å². The van der Waals surface area contributed by atoms with Gasteiger partial charge in [-0.05, 0) is 19.3 Å². The lowest BCUT2D eigenvalue weighted by atomic mass is 9.87. The molecule has 0 aromatic carbocycles. The molecule has 2 atom stereocenters. The van der Waals surface area contributed by atoms with Crippen LogP contribution in [0.1, 0.15) is 55.1 Å². The van der Waals surface area contributed by atoms with E-state index in [-0.39, 0.29) is 11.8 Å². The van der Waals surface area contributed by atoms with Crippen molar-refractivity contribution in [2.45, 2.75) is 50.9 Å². The molecule has 120 valence electrons. The summed E-state index contributed by atoms with van der Waals surface area (Å²) in [4.78, 5) is 27.2. The first-order valence-corrected chi connectivity index (χ1v) is 8.98. The Morgan fingerprint density at radius 2 is 2.05 bits per heavy atom. The van der Waals surface area contributed by atoms with Crippen molar-refractivity contribution in [2.24, 2.45) is 11.8 Å². The topological polar surface area (TPSA) is 79.3 Å². The number of aromatic nitrogens is 1. The van der Waals surface area contributed by atoms with Gasteiger partial charge in [0, 0.05) is 24.3 Å². The molecule has 0 saturated heterocycles. The van der Waals surface area contributed by atoms with Crippen LogP contribution in [0.25, 0.3) is 0 Å². The van der Waals surface area contributed by atoms with Crippen LogP contribution in [0.3, 0.4) is 0 Å². The average Bonchev–Trinajstić information content (AvgIpc) is 3.21. The first-order valence-electron chi connectivity index (χ1n) is 8.10. The fourth-order valence-electron chi connectivity index (χ4n) is 3.21. The van der Waals surface area contributed by atoms with Crippen molar-refractivity contribution in [2.75, 3.05) is 6.54 Å². The maximum Gasteiger partial charge on any atom is 0.307 e. The number of hydrogen-bond donors (Lipinski definition) is 2. The number of hydrogen-bond acceptors (Lipinski definition) is 4. The second-order valence-corrected chi connectivity index (χ2v) is 7.27. The number of nitrogens with one attached hydrogen (secondary N) is 1. The molecule has 0 aliphatic heterocycles. The molecule has 2 fully saturated rings. The number of carbonyl (C=O) groups is 2. The highest BCUT2D eigenvalue weighted by Crippen LogP contribution is 2.38. The minimum atomic E-state index is -0.864. The van der Waals surface area contributed by atoms with Gasteiger partial charge in [-0.15, -0.1) is 11.3 Å². The van der Waals surface area contributed by atoms with Crippen LogP contribution in [-0.2, 0) is 16.0 Å². The molecule has 2 N–H and O–H groups in total. The predicted molar refractivity (Wildman–Crippen MR) is 83.9 cm³/mol. The Kier molecular flexibility index (Phi) is 4.76. The summed E-state index contributed by atoms with van der Waals surface area (Å²) in [5.74, 6) is -1.17. The number of carboxylic acids is 1. The highest BCUT2D eigenvalue weighted by atomic mass is 32.1. The Morgan fingerprint density at radius 3 is 2.73 bits per heavy atom. The molecule has 3 rings (SSSR count). The fourth-order valence-corrected chi connectivity index (χ4v) is 4.09. The van der Waals surface area contributed by atoms with E-state index in [0.717, 1.165) is 11.4 Å². The molecule has 6 heteroatoms. The smallest absolute Gasteiger partial charge is 0.307 e. The first kappa shape index (κ1) is 15.5. The SMILES string of the molecule is O=C(O)C1CC1C(=O)NCCc1nc(C2CCCCC2)cs1. The van der Waals surface area contributed by atoms with Gasteiger partial charge < -0.3 is 10.4 Å². The van der Waals surface area contributed by atoms with E-state index in [9.17, 15) is 9.59 Å². The highest BCUT2D eigenvalue weighted by Gasteiger charge is 2.48. The van der Waals surface area contributed by atoms with Crippen molar-refractivity contribution >= 4 is 23.2 Å². The third-order valence-electron chi connectivity index (χ3n) is 4.68. The maximum absolute atomic E-state index is 11.8. The van der Waals surface area contributed by atoms with E-state index in [1.54, 1.807) is 11.3 Å². The van der Waals surface area contributed by atoms with Gasteiger partial charge in [-0.2, -0.15) is 0 Å². The van der Waals surface area contributed by atoms with Gasteiger partial charge in [-0.1, -0.05) is 19.3 Å². The van der Waals surface area contributed by atoms with Crippen molar-refractivity contribution < 1.29 is 14.7 Å². The molecule has 1 heterocycles. The molecule has 2 unspecified atom stereocenters. The minimum Gasteiger partial charge on any atom is -0.481 e. The van der Waals surface area contributed by atoms with E-state index < -0.39 is 11.9 Å². The monoisotopic (exact) mass is 322 g/mol. The number of thiazole rings is 1. The van der Waals surface area contributed by atoms with E-state index in [4.69, 9.17) is 10.1 Å². The summed E-state index contributed by atoms with van der Waals surface area (Å²) in [5.41, 5.74) is 1.22. The van der Waals surface area contributed by atoms with Gasteiger partial charge in [0.2, 0.25) is 5.91 Å². The zero-order chi connectivity index (χ0) is 15.5. The van der Waals surface area contributed by atoms with Gasteiger partial charge >= 0.3 is 5.97 Å². The maximum atomic E-state index is 11.8. The summed E-state index contributed by atoms with van der Waals surface area (Å²) in [6.45, 7) is 0.541. The Balaban J connectivity index is 1.41.